The first-order chi connectivity index (χ1) is 13.2. The summed E-state index contributed by atoms with van der Waals surface area (Å²) >= 11 is 0. The molecule has 1 atom stereocenters. The van der Waals surface area contributed by atoms with Crippen LogP contribution in [0.4, 0.5) is 0 Å². The standard InChI is InChI=1S/C21H23N3O3/c1-3-24-19-7-5-4-6-17(19)18(23-24)12-22-21(25)15-10-14-8-9-16(26-2)11-20(14)27-13-15/h4-9,11,15H,3,10,12-13H2,1-2H3,(H,22,25)/t15-/m1/s1. The molecule has 1 amide bonds. The fraction of sp³-hybridized carbons (Fsp3) is 0.333. The summed E-state index contributed by atoms with van der Waals surface area (Å²) in [6.07, 6.45) is 0.662. The number of aryl methyl sites for hydroxylation is 1. The molecule has 1 N–H and O–H groups in total. The Morgan fingerprint density at radius 2 is 2.19 bits per heavy atom. The smallest absolute Gasteiger partial charge is 0.227 e. The van der Waals surface area contributed by atoms with Crippen molar-refractivity contribution in [1.29, 1.82) is 0 Å². The van der Waals surface area contributed by atoms with E-state index in [0.717, 1.165) is 40.2 Å². The zero-order valence-corrected chi connectivity index (χ0v) is 15.6. The number of carbonyl (C=O) groups excluding carboxylic acids is 1. The Morgan fingerprint density at radius 3 is 3.00 bits per heavy atom. The van der Waals surface area contributed by atoms with Crippen molar-refractivity contribution in [3.05, 3.63) is 53.7 Å². The van der Waals surface area contributed by atoms with Crippen molar-refractivity contribution in [2.24, 2.45) is 5.92 Å². The number of para-hydroxylation sites is 1. The van der Waals surface area contributed by atoms with Crippen molar-refractivity contribution in [3.8, 4) is 11.5 Å². The van der Waals surface area contributed by atoms with Crippen molar-refractivity contribution in [2.75, 3.05) is 13.7 Å². The number of methoxy groups -OCH3 is 1. The summed E-state index contributed by atoms with van der Waals surface area (Å²) < 4.78 is 13.0. The van der Waals surface area contributed by atoms with Crippen LogP contribution in [0.15, 0.2) is 42.5 Å². The van der Waals surface area contributed by atoms with E-state index >= 15 is 0 Å². The topological polar surface area (TPSA) is 65.4 Å². The van der Waals surface area contributed by atoms with Gasteiger partial charge in [-0.1, -0.05) is 24.3 Å². The maximum atomic E-state index is 12.7. The molecule has 0 spiro atoms. The molecule has 0 unspecified atom stereocenters. The van der Waals surface area contributed by atoms with Gasteiger partial charge in [-0.25, -0.2) is 0 Å². The van der Waals surface area contributed by atoms with Crippen molar-refractivity contribution in [3.63, 3.8) is 0 Å². The van der Waals surface area contributed by atoms with E-state index in [0.29, 0.717) is 19.6 Å². The van der Waals surface area contributed by atoms with Gasteiger partial charge in [-0.05, 0) is 31.0 Å². The minimum Gasteiger partial charge on any atom is -0.497 e. The van der Waals surface area contributed by atoms with Crippen LogP contribution in [-0.4, -0.2) is 29.4 Å². The van der Waals surface area contributed by atoms with E-state index in [2.05, 4.69) is 23.4 Å². The predicted molar refractivity (Wildman–Crippen MR) is 103 cm³/mol. The minimum absolute atomic E-state index is 0.00778. The van der Waals surface area contributed by atoms with Gasteiger partial charge in [0, 0.05) is 18.0 Å². The molecule has 0 bridgehead atoms. The Morgan fingerprint density at radius 1 is 1.33 bits per heavy atom. The number of amides is 1. The molecule has 0 aliphatic carbocycles. The monoisotopic (exact) mass is 365 g/mol. The molecule has 6 heteroatoms. The van der Waals surface area contributed by atoms with E-state index in [-0.39, 0.29) is 11.8 Å². The Kier molecular flexibility index (Phi) is 4.71. The molecule has 0 saturated carbocycles. The lowest BCUT2D eigenvalue weighted by atomic mass is 9.96. The second-order valence-electron chi connectivity index (χ2n) is 6.68. The molecule has 0 radical (unpaired) electrons. The molecular weight excluding hydrogens is 342 g/mol. The number of fused-ring (bicyclic) bond motifs is 2. The van der Waals surface area contributed by atoms with Gasteiger partial charge in [0.15, 0.2) is 0 Å². The fourth-order valence-electron chi connectivity index (χ4n) is 3.53. The first-order valence-electron chi connectivity index (χ1n) is 9.21. The molecule has 6 nitrogen and oxygen atoms in total. The highest BCUT2D eigenvalue weighted by atomic mass is 16.5. The van der Waals surface area contributed by atoms with Crippen molar-refractivity contribution < 1.29 is 14.3 Å². The summed E-state index contributed by atoms with van der Waals surface area (Å²) in [6, 6.07) is 13.8. The third kappa shape index (κ3) is 3.35. The normalized spacial score (nSPS) is 15.9. The van der Waals surface area contributed by atoms with Gasteiger partial charge in [-0.2, -0.15) is 5.10 Å². The molecule has 1 aliphatic rings. The largest absolute Gasteiger partial charge is 0.497 e. The van der Waals surface area contributed by atoms with Gasteiger partial charge >= 0.3 is 0 Å². The van der Waals surface area contributed by atoms with Crippen LogP contribution in [0.3, 0.4) is 0 Å². The average molecular weight is 365 g/mol. The number of hydrogen-bond acceptors (Lipinski definition) is 4. The van der Waals surface area contributed by atoms with Crippen molar-refractivity contribution in [1.82, 2.24) is 15.1 Å². The Hall–Kier alpha value is -3.02. The van der Waals surface area contributed by atoms with Gasteiger partial charge in [0.25, 0.3) is 0 Å². The summed E-state index contributed by atoms with van der Waals surface area (Å²) in [5.74, 6) is 1.35. The fourth-order valence-corrected chi connectivity index (χ4v) is 3.53. The number of benzene rings is 2. The lowest BCUT2D eigenvalue weighted by molar-refractivity contribution is -0.126. The molecule has 2 heterocycles. The van der Waals surface area contributed by atoms with Gasteiger partial charge in [0.2, 0.25) is 5.91 Å². The highest BCUT2D eigenvalue weighted by Gasteiger charge is 2.26. The SMILES string of the molecule is CCn1nc(CNC(=O)[C@H]2COc3cc(OC)ccc3C2)c2ccccc21. The maximum absolute atomic E-state index is 12.7. The van der Waals surface area contributed by atoms with Gasteiger partial charge in [-0.3, -0.25) is 9.48 Å². The molecule has 1 aromatic heterocycles. The number of ether oxygens (including phenoxy) is 2. The van der Waals surface area contributed by atoms with E-state index in [9.17, 15) is 4.79 Å². The lowest BCUT2D eigenvalue weighted by Crippen LogP contribution is -2.37. The van der Waals surface area contributed by atoms with Gasteiger partial charge in [0.1, 0.15) is 18.1 Å². The molecule has 3 aromatic rings. The van der Waals surface area contributed by atoms with E-state index in [4.69, 9.17) is 9.47 Å². The van der Waals surface area contributed by atoms with Crippen LogP contribution in [0.2, 0.25) is 0 Å². The van der Waals surface area contributed by atoms with Crippen LogP contribution in [0.1, 0.15) is 18.2 Å². The second-order valence-corrected chi connectivity index (χ2v) is 6.68. The van der Waals surface area contributed by atoms with Crippen LogP contribution in [0.25, 0.3) is 10.9 Å². The van der Waals surface area contributed by atoms with E-state index in [1.807, 2.05) is 41.1 Å². The number of rotatable bonds is 5. The maximum Gasteiger partial charge on any atom is 0.227 e. The van der Waals surface area contributed by atoms with Crippen molar-refractivity contribution >= 4 is 16.8 Å². The van der Waals surface area contributed by atoms with Gasteiger partial charge in [-0.15, -0.1) is 0 Å². The first kappa shape index (κ1) is 17.4. The van der Waals surface area contributed by atoms with E-state index in [1.165, 1.54) is 0 Å². The highest BCUT2D eigenvalue weighted by Crippen LogP contribution is 2.31. The average Bonchev–Trinajstić information content (AvgIpc) is 3.09. The zero-order chi connectivity index (χ0) is 18.8. The summed E-state index contributed by atoms with van der Waals surface area (Å²) in [7, 11) is 1.63. The van der Waals surface area contributed by atoms with Crippen LogP contribution in [0.5, 0.6) is 11.5 Å². The Bertz CT molecular complexity index is 980. The van der Waals surface area contributed by atoms with E-state index < -0.39 is 0 Å². The summed E-state index contributed by atoms with van der Waals surface area (Å²) in [4.78, 5) is 12.7. The highest BCUT2D eigenvalue weighted by molar-refractivity contribution is 5.83. The van der Waals surface area contributed by atoms with Gasteiger partial charge < -0.3 is 14.8 Å². The summed E-state index contributed by atoms with van der Waals surface area (Å²) in [5, 5.41) is 8.75. The van der Waals surface area contributed by atoms with Crippen LogP contribution in [-0.2, 0) is 24.3 Å². The predicted octanol–water partition coefficient (Wildman–Crippen LogP) is 2.93. The Labute approximate surface area is 158 Å². The molecule has 2 aromatic carbocycles. The molecular formula is C21H23N3O3. The number of nitrogens with one attached hydrogen (secondary N) is 1. The second kappa shape index (κ2) is 7.31. The number of carbonyl (C=O) groups is 1. The third-order valence-corrected chi connectivity index (χ3v) is 5.02. The molecule has 0 fully saturated rings. The first-order valence-corrected chi connectivity index (χ1v) is 9.21. The Balaban J connectivity index is 1.44. The van der Waals surface area contributed by atoms with Crippen molar-refractivity contribution in [2.45, 2.75) is 26.4 Å². The zero-order valence-electron chi connectivity index (χ0n) is 15.6. The third-order valence-electron chi connectivity index (χ3n) is 5.02. The van der Waals surface area contributed by atoms with Crippen LogP contribution < -0.4 is 14.8 Å². The molecule has 1 aliphatic heterocycles. The molecule has 4 rings (SSSR count). The molecule has 0 saturated heterocycles. The van der Waals surface area contributed by atoms with Gasteiger partial charge in [0.05, 0.1) is 30.8 Å². The number of nitrogens with zero attached hydrogens (tertiary/aromatic N) is 2. The van der Waals surface area contributed by atoms with Crippen LogP contribution in [0, 0.1) is 5.92 Å². The number of aromatic nitrogens is 2. The summed E-state index contributed by atoms with van der Waals surface area (Å²) in [6.45, 7) is 3.65. The number of hydrogen-bond donors (Lipinski definition) is 1. The minimum atomic E-state index is -0.203. The van der Waals surface area contributed by atoms with Crippen LogP contribution >= 0.6 is 0 Å². The summed E-state index contributed by atoms with van der Waals surface area (Å²) in [5.41, 5.74) is 3.01. The molecule has 140 valence electrons. The van der Waals surface area contributed by atoms with E-state index in [1.54, 1.807) is 7.11 Å². The molecule has 27 heavy (non-hydrogen) atoms. The lowest BCUT2D eigenvalue weighted by Gasteiger charge is -2.24. The quantitative estimate of drug-likeness (QED) is 0.755.